The summed E-state index contributed by atoms with van der Waals surface area (Å²) < 4.78 is 11.1. The predicted molar refractivity (Wildman–Crippen MR) is 93.8 cm³/mol. The highest BCUT2D eigenvalue weighted by molar-refractivity contribution is 6.75. The molecule has 6 heteroatoms. The van der Waals surface area contributed by atoms with Crippen LogP contribution in [0.2, 0.25) is 18.1 Å². The van der Waals surface area contributed by atoms with Crippen LogP contribution in [0.3, 0.4) is 0 Å². The summed E-state index contributed by atoms with van der Waals surface area (Å²) in [6.45, 7) is 14.7. The van der Waals surface area contributed by atoms with Gasteiger partial charge in [-0.3, -0.25) is 4.79 Å². The van der Waals surface area contributed by atoms with Crippen LogP contribution in [0.25, 0.3) is 0 Å². The third-order valence-corrected chi connectivity index (χ3v) is 9.20. The van der Waals surface area contributed by atoms with Crippen molar-refractivity contribution in [2.24, 2.45) is 5.92 Å². The number of ether oxygens (including phenoxy) is 1. The lowest BCUT2D eigenvalue weighted by molar-refractivity contribution is -0.142. The zero-order valence-corrected chi connectivity index (χ0v) is 16.7. The number of amides is 1. The van der Waals surface area contributed by atoms with Gasteiger partial charge in [-0.15, -0.1) is 0 Å². The lowest BCUT2D eigenvalue weighted by atomic mass is 9.98. The fourth-order valence-electron chi connectivity index (χ4n) is 2.32. The van der Waals surface area contributed by atoms with Gasteiger partial charge in [0.25, 0.3) is 8.32 Å². The number of carbonyl (C=O) groups excluding carboxylic acids is 2. The van der Waals surface area contributed by atoms with E-state index in [2.05, 4.69) is 26.1 Å². The van der Waals surface area contributed by atoms with E-state index < -0.39 is 19.9 Å². The maximum absolute atomic E-state index is 12.8. The Balaban J connectivity index is 2.80. The van der Waals surface area contributed by atoms with Gasteiger partial charge in [0.15, 0.2) is 0 Å². The molecule has 134 valence electrons. The van der Waals surface area contributed by atoms with Gasteiger partial charge in [-0.1, -0.05) is 47.5 Å². The highest BCUT2D eigenvalue weighted by Crippen LogP contribution is 2.39. The maximum Gasteiger partial charge on any atom is 0.408 e. The van der Waals surface area contributed by atoms with Gasteiger partial charge in [-0.05, 0) is 36.9 Å². The lowest BCUT2D eigenvalue weighted by Gasteiger charge is -2.39. The average Bonchev–Trinajstić information content (AvgIpc) is 2.84. The molecule has 1 aliphatic carbocycles. The molecular weight excluding hydrogens is 310 g/mol. The van der Waals surface area contributed by atoms with Crippen molar-refractivity contribution in [1.29, 1.82) is 0 Å². The molecule has 1 N–H and O–H groups in total. The first-order valence-corrected chi connectivity index (χ1v) is 11.5. The second-order valence-corrected chi connectivity index (χ2v) is 13.3. The Morgan fingerprint density at radius 3 is 2.13 bits per heavy atom. The SMILES string of the molecule is CC(C)COC(=O)NC1(C(=O)O[Si](C)(C)C(C)(C)C)CCCC1. The average molecular weight is 344 g/mol. The van der Waals surface area contributed by atoms with Crippen molar-refractivity contribution in [2.45, 2.75) is 84.0 Å². The van der Waals surface area contributed by atoms with Crippen LogP contribution in [0.15, 0.2) is 0 Å². The largest absolute Gasteiger partial charge is 0.517 e. The van der Waals surface area contributed by atoms with E-state index >= 15 is 0 Å². The standard InChI is InChI=1S/C17H33NO4Si/c1-13(2)12-21-15(20)18-17(10-8-9-11-17)14(19)22-23(6,7)16(3,4)5/h13H,8-12H2,1-7H3,(H,18,20). The summed E-state index contributed by atoms with van der Waals surface area (Å²) in [6, 6.07) is 0. The molecule has 1 saturated carbocycles. The van der Waals surface area contributed by atoms with Gasteiger partial charge < -0.3 is 14.5 Å². The Morgan fingerprint density at radius 1 is 1.17 bits per heavy atom. The van der Waals surface area contributed by atoms with Gasteiger partial charge in [0.2, 0.25) is 0 Å². The topological polar surface area (TPSA) is 64.6 Å². The molecule has 0 spiro atoms. The fraction of sp³-hybridized carbons (Fsp3) is 0.882. The van der Waals surface area contributed by atoms with Crippen LogP contribution in [-0.2, 0) is 14.0 Å². The van der Waals surface area contributed by atoms with Crippen molar-refractivity contribution in [1.82, 2.24) is 5.32 Å². The Hall–Kier alpha value is -1.04. The van der Waals surface area contributed by atoms with Crippen molar-refractivity contribution in [3.63, 3.8) is 0 Å². The molecule has 0 aromatic heterocycles. The summed E-state index contributed by atoms with van der Waals surface area (Å²) in [5, 5.41) is 2.75. The monoisotopic (exact) mass is 343 g/mol. The minimum atomic E-state index is -2.21. The zero-order valence-electron chi connectivity index (χ0n) is 15.7. The van der Waals surface area contributed by atoms with E-state index in [1.807, 2.05) is 26.9 Å². The van der Waals surface area contributed by atoms with Crippen LogP contribution in [-0.4, -0.2) is 32.5 Å². The van der Waals surface area contributed by atoms with Crippen molar-refractivity contribution >= 4 is 20.4 Å². The Kier molecular flexibility index (Phi) is 6.30. The van der Waals surface area contributed by atoms with E-state index in [9.17, 15) is 9.59 Å². The molecule has 0 saturated heterocycles. The number of hydrogen-bond donors (Lipinski definition) is 1. The molecule has 0 aromatic rings. The molecule has 1 aliphatic rings. The quantitative estimate of drug-likeness (QED) is 0.759. The van der Waals surface area contributed by atoms with Crippen molar-refractivity contribution in [2.75, 3.05) is 6.61 Å². The number of rotatable bonds is 5. The number of alkyl carbamates (subject to hydrolysis) is 1. The second kappa shape index (κ2) is 7.24. The van der Waals surface area contributed by atoms with E-state index in [0.29, 0.717) is 19.4 Å². The Labute approximate surface area is 141 Å². The van der Waals surface area contributed by atoms with Crippen molar-refractivity contribution in [3.8, 4) is 0 Å². The summed E-state index contributed by atoms with van der Waals surface area (Å²) in [7, 11) is -2.21. The molecule has 0 aromatic carbocycles. The first kappa shape index (κ1) is 20.0. The molecule has 1 fully saturated rings. The van der Waals surface area contributed by atoms with E-state index in [1.54, 1.807) is 0 Å². The molecule has 0 heterocycles. The van der Waals surface area contributed by atoms with E-state index in [4.69, 9.17) is 9.16 Å². The minimum absolute atomic E-state index is 0.0550. The van der Waals surface area contributed by atoms with Gasteiger partial charge in [0.05, 0.1) is 6.61 Å². The van der Waals surface area contributed by atoms with Crippen LogP contribution in [0.5, 0.6) is 0 Å². The van der Waals surface area contributed by atoms with Gasteiger partial charge in [-0.25, -0.2) is 4.79 Å². The van der Waals surface area contributed by atoms with Crippen LogP contribution < -0.4 is 5.32 Å². The number of hydrogen-bond acceptors (Lipinski definition) is 4. The summed E-state index contributed by atoms with van der Waals surface area (Å²) in [5.74, 6) is -0.0254. The molecule has 1 amide bonds. The molecular formula is C17H33NO4Si. The van der Waals surface area contributed by atoms with Crippen LogP contribution in [0.4, 0.5) is 4.79 Å². The molecule has 5 nitrogen and oxygen atoms in total. The van der Waals surface area contributed by atoms with Crippen molar-refractivity contribution < 1.29 is 18.8 Å². The first-order chi connectivity index (χ1) is 10.4. The van der Waals surface area contributed by atoms with E-state index in [0.717, 1.165) is 12.8 Å². The lowest BCUT2D eigenvalue weighted by Crippen LogP contribution is -2.57. The highest BCUT2D eigenvalue weighted by Gasteiger charge is 2.49. The summed E-state index contributed by atoms with van der Waals surface area (Å²) >= 11 is 0. The molecule has 23 heavy (non-hydrogen) atoms. The van der Waals surface area contributed by atoms with E-state index in [-0.39, 0.29) is 16.9 Å². The summed E-state index contributed by atoms with van der Waals surface area (Å²) in [6.07, 6.45) is 2.55. The van der Waals surface area contributed by atoms with Gasteiger partial charge >= 0.3 is 12.1 Å². The van der Waals surface area contributed by atoms with Gasteiger partial charge in [-0.2, -0.15) is 0 Å². The van der Waals surface area contributed by atoms with Crippen LogP contribution in [0.1, 0.15) is 60.3 Å². The van der Waals surface area contributed by atoms with E-state index in [1.165, 1.54) is 0 Å². The first-order valence-electron chi connectivity index (χ1n) is 8.58. The maximum atomic E-state index is 12.8. The fourth-order valence-corrected chi connectivity index (χ4v) is 3.28. The van der Waals surface area contributed by atoms with Gasteiger partial charge in [0, 0.05) is 0 Å². The summed E-state index contributed by atoms with van der Waals surface area (Å²) in [5.41, 5.74) is -0.913. The van der Waals surface area contributed by atoms with Crippen molar-refractivity contribution in [3.05, 3.63) is 0 Å². The Bertz CT molecular complexity index is 434. The minimum Gasteiger partial charge on any atom is -0.517 e. The smallest absolute Gasteiger partial charge is 0.408 e. The molecule has 0 atom stereocenters. The van der Waals surface area contributed by atoms with Crippen LogP contribution >= 0.6 is 0 Å². The van der Waals surface area contributed by atoms with Gasteiger partial charge in [0.1, 0.15) is 5.54 Å². The third kappa shape index (κ3) is 5.23. The molecule has 1 rings (SSSR count). The number of nitrogens with one attached hydrogen (secondary N) is 1. The third-order valence-electron chi connectivity index (χ3n) is 4.89. The number of carbonyl (C=O) groups is 2. The van der Waals surface area contributed by atoms with Crippen LogP contribution in [0, 0.1) is 5.92 Å². The molecule has 0 unspecified atom stereocenters. The summed E-state index contributed by atoms with van der Waals surface area (Å²) in [4.78, 5) is 24.9. The molecule has 0 bridgehead atoms. The highest BCUT2D eigenvalue weighted by atomic mass is 28.4. The normalized spacial score (nSPS) is 17.9. The molecule has 0 radical (unpaired) electrons. The predicted octanol–water partition coefficient (Wildman–Crippen LogP) is 4.23. The second-order valence-electron chi connectivity index (χ2n) is 8.56. The molecule has 0 aliphatic heterocycles. The Morgan fingerprint density at radius 2 is 1.70 bits per heavy atom. The zero-order chi connectivity index (χ0) is 17.9.